The van der Waals surface area contributed by atoms with Crippen molar-refractivity contribution in [3.05, 3.63) is 32.6 Å². The summed E-state index contributed by atoms with van der Waals surface area (Å²) in [4.78, 5) is 43.9. The normalized spacial score (nSPS) is 20.8. The zero-order valence-electron chi connectivity index (χ0n) is 15.1. The molecule has 2 rings (SSSR count). The molecular weight excluding hydrogens is 342 g/mol. The van der Waals surface area contributed by atoms with Crippen molar-refractivity contribution in [2.75, 3.05) is 13.7 Å². The summed E-state index contributed by atoms with van der Waals surface area (Å²) in [6.07, 6.45) is 0.916. The number of esters is 1. The van der Waals surface area contributed by atoms with Gasteiger partial charge in [0, 0.05) is 19.7 Å². The molecule has 0 spiro atoms. The fourth-order valence-corrected chi connectivity index (χ4v) is 2.85. The van der Waals surface area contributed by atoms with Crippen LogP contribution in [0.1, 0.15) is 25.1 Å². The van der Waals surface area contributed by atoms with Gasteiger partial charge < -0.3 is 4.74 Å². The first-order valence-corrected chi connectivity index (χ1v) is 11.6. The predicted octanol–water partition coefficient (Wildman–Crippen LogP) is 0.463. The van der Waals surface area contributed by atoms with Crippen molar-refractivity contribution < 1.29 is 14.4 Å². The Labute approximate surface area is 146 Å². The van der Waals surface area contributed by atoms with E-state index in [9.17, 15) is 14.4 Å². The molecule has 2 heterocycles. The van der Waals surface area contributed by atoms with Crippen molar-refractivity contribution in [2.45, 2.75) is 45.3 Å². The molecule has 1 aliphatic rings. The lowest BCUT2D eigenvalue weighted by Crippen LogP contribution is -2.33. The first-order valence-electron chi connectivity index (χ1n) is 8.07. The van der Waals surface area contributed by atoms with E-state index >= 15 is 0 Å². The highest BCUT2D eigenvalue weighted by Gasteiger charge is 2.38. The van der Waals surface area contributed by atoms with E-state index in [1.807, 2.05) is 0 Å². The number of nitrogens with zero attached hydrogens (tertiary/aromatic N) is 2. The number of hydroxylamine groups is 2. The maximum Gasteiger partial charge on any atom is 0.330 e. The Morgan fingerprint density at radius 3 is 2.72 bits per heavy atom. The minimum Gasteiger partial charge on any atom is -0.465 e. The van der Waals surface area contributed by atoms with Gasteiger partial charge in [0.25, 0.3) is 5.56 Å². The molecule has 1 fully saturated rings. The maximum atomic E-state index is 12.1. The third-order valence-corrected chi connectivity index (χ3v) is 4.44. The molecule has 0 amide bonds. The molecule has 0 bridgehead atoms. The molecule has 0 aliphatic carbocycles. The second-order valence-corrected chi connectivity index (χ2v) is 11.6. The Morgan fingerprint density at radius 1 is 1.44 bits per heavy atom. The van der Waals surface area contributed by atoms with Crippen LogP contribution in [-0.4, -0.2) is 48.4 Å². The van der Waals surface area contributed by atoms with E-state index in [1.54, 1.807) is 14.0 Å². The number of aromatic amines is 1. The lowest BCUT2D eigenvalue weighted by molar-refractivity contribution is -0.182. The summed E-state index contributed by atoms with van der Waals surface area (Å²) >= 11 is 0. The summed E-state index contributed by atoms with van der Waals surface area (Å²) < 4.78 is 6.26. The highest BCUT2D eigenvalue weighted by molar-refractivity contribution is 6.83. The van der Waals surface area contributed by atoms with Crippen molar-refractivity contribution in [1.82, 2.24) is 14.6 Å². The van der Waals surface area contributed by atoms with Crippen LogP contribution in [0.5, 0.6) is 0 Å². The average molecular weight is 365 g/mol. The summed E-state index contributed by atoms with van der Waals surface area (Å²) in [5.41, 5.74) is 2.17. The van der Waals surface area contributed by atoms with Crippen LogP contribution >= 0.6 is 0 Å². The van der Waals surface area contributed by atoms with E-state index in [2.05, 4.69) is 36.1 Å². The number of nitrogens with one attached hydrogen (secondary N) is 1. The van der Waals surface area contributed by atoms with E-state index < -0.39 is 37.6 Å². The van der Waals surface area contributed by atoms with Crippen LogP contribution in [0.25, 0.3) is 0 Å². The molecule has 0 radical (unpaired) electrons. The molecule has 2 unspecified atom stereocenters. The molecule has 0 saturated carbocycles. The number of ether oxygens (including phenoxy) is 1. The average Bonchev–Trinajstić information content (AvgIpc) is 2.87. The zero-order chi connectivity index (χ0) is 18.8. The number of hydrogen-bond donors (Lipinski definition) is 1. The van der Waals surface area contributed by atoms with Crippen LogP contribution in [0.15, 0.2) is 15.8 Å². The van der Waals surface area contributed by atoms with Gasteiger partial charge in [-0.05, 0) is 6.92 Å². The maximum absolute atomic E-state index is 12.1. The smallest absolute Gasteiger partial charge is 0.330 e. The fraction of sp³-hybridized carbons (Fsp3) is 0.562. The SMILES string of the molecule is CCOC(=O)C1CC(n2cc(C#C[Si](C)(C)C)c(=O)[nH]c2=O)ON1C. The van der Waals surface area contributed by atoms with Gasteiger partial charge in [0.05, 0.1) is 6.61 Å². The Morgan fingerprint density at radius 2 is 2.12 bits per heavy atom. The quantitative estimate of drug-likeness (QED) is 0.475. The van der Waals surface area contributed by atoms with E-state index in [0.29, 0.717) is 0 Å². The topological polar surface area (TPSA) is 93.6 Å². The number of aromatic nitrogens is 2. The Bertz CT molecular complexity index is 827. The predicted molar refractivity (Wildman–Crippen MR) is 94.5 cm³/mol. The van der Waals surface area contributed by atoms with E-state index in [0.717, 1.165) is 0 Å². The van der Waals surface area contributed by atoms with Gasteiger partial charge in [-0.2, -0.15) is 5.06 Å². The molecule has 9 heteroatoms. The lowest BCUT2D eigenvalue weighted by atomic mass is 10.2. The highest BCUT2D eigenvalue weighted by Crippen LogP contribution is 2.27. The first kappa shape index (κ1) is 19.2. The van der Waals surface area contributed by atoms with Gasteiger partial charge in [0.1, 0.15) is 19.7 Å². The molecule has 1 saturated heterocycles. The number of likely N-dealkylation sites (N-methyl/N-ethyl adjacent to an activating group) is 1. The summed E-state index contributed by atoms with van der Waals surface area (Å²) in [5, 5.41) is 1.37. The molecule has 2 atom stereocenters. The standard InChI is InChI=1S/C16H23N3O5Si/c1-6-23-15(21)12-9-13(24-18(12)2)19-10-11(7-8-25(3,4)5)14(20)17-16(19)22/h10,12-13H,6,9H2,1-5H3,(H,17,20,22). The van der Waals surface area contributed by atoms with Gasteiger partial charge >= 0.3 is 11.7 Å². The van der Waals surface area contributed by atoms with Gasteiger partial charge in [0.15, 0.2) is 6.23 Å². The number of carbonyl (C=O) groups is 1. The van der Waals surface area contributed by atoms with Crippen LogP contribution in [0.3, 0.4) is 0 Å². The summed E-state index contributed by atoms with van der Waals surface area (Å²) in [6.45, 7) is 8.17. The molecular formula is C16H23N3O5Si. The Hall–Kier alpha value is -2.15. The molecule has 1 N–H and O–H groups in total. The number of hydrogen-bond acceptors (Lipinski definition) is 6. The van der Waals surface area contributed by atoms with Gasteiger partial charge in [0.2, 0.25) is 0 Å². The monoisotopic (exact) mass is 365 g/mol. The molecule has 1 aliphatic heterocycles. The molecule has 25 heavy (non-hydrogen) atoms. The van der Waals surface area contributed by atoms with Gasteiger partial charge in [-0.1, -0.05) is 25.6 Å². The van der Waals surface area contributed by atoms with E-state index in [-0.39, 0.29) is 18.6 Å². The second-order valence-electron chi connectivity index (χ2n) is 6.82. The second kappa shape index (κ2) is 7.39. The summed E-state index contributed by atoms with van der Waals surface area (Å²) in [5.74, 6) is 2.44. The van der Waals surface area contributed by atoms with Gasteiger partial charge in [-0.25, -0.2) is 4.79 Å². The Kier molecular flexibility index (Phi) is 5.67. The van der Waals surface area contributed by atoms with Crippen LogP contribution < -0.4 is 11.2 Å². The first-order chi connectivity index (χ1) is 11.6. The van der Waals surface area contributed by atoms with Crippen LogP contribution in [-0.2, 0) is 14.4 Å². The third-order valence-electron chi connectivity index (χ3n) is 3.56. The largest absolute Gasteiger partial charge is 0.465 e. The molecule has 1 aromatic heterocycles. The number of carbonyl (C=O) groups excluding carboxylic acids is 1. The van der Waals surface area contributed by atoms with Crippen molar-refractivity contribution >= 4 is 14.0 Å². The van der Waals surface area contributed by atoms with Crippen molar-refractivity contribution in [3.63, 3.8) is 0 Å². The zero-order valence-corrected chi connectivity index (χ0v) is 16.1. The molecule has 0 aromatic carbocycles. The van der Waals surface area contributed by atoms with Crippen LogP contribution in [0.2, 0.25) is 19.6 Å². The summed E-state index contributed by atoms with van der Waals surface area (Å²) in [6, 6.07) is -0.611. The van der Waals surface area contributed by atoms with Crippen LogP contribution in [0, 0.1) is 11.5 Å². The molecule has 136 valence electrons. The minimum atomic E-state index is -1.67. The summed E-state index contributed by atoms with van der Waals surface area (Å²) in [7, 11) is -0.0720. The Balaban J connectivity index is 2.34. The molecule has 1 aromatic rings. The number of rotatable bonds is 3. The van der Waals surface area contributed by atoms with Crippen molar-refractivity contribution in [2.24, 2.45) is 0 Å². The van der Waals surface area contributed by atoms with Crippen LogP contribution in [0.4, 0.5) is 0 Å². The van der Waals surface area contributed by atoms with Crippen molar-refractivity contribution in [1.29, 1.82) is 0 Å². The van der Waals surface area contributed by atoms with Gasteiger partial charge in [-0.3, -0.25) is 24.0 Å². The third kappa shape index (κ3) is 4.69. The fourth-order valence-electron chi connectivity index (χ4n) is 2.34. The minimum absolute atomic E-state index is 0.202. The van der Waals surface area contributed by atoms with E-state index in [4.69, 9.17) is 9.57 Å². The molecule has 8 nitrogen and oxygen atoms in total. The number of H-pyrrole nitrogens is 1. The lowest BCUT2D eigenvalue weighted by Gasteiger charge is -2.15. The van der Waals surface area contributed by atoms with Gasteiger partial charge in [-0.15, -0.1) is 5.54 Å². The van der Waals surface area contributed by atoms with E-state index in [1.165, 1.54) is 15.8 Å². The highest BCUT2D eigenvalue weighted by atomic mass is 28.3. The van der Waals surface area contributed by atoms with Crippen molar-refractivity contribution in [3.8, 4) is 11.5 Å².